The van der Waals surface area contributed by atoms with Crippen molar-refractivity contribution in [3.63, 3.8) is 0 Å². The zero-order valence-electron chi connectivity index (χ0n) is 15.3. The van der Waals surface area contributed by atoms with Gasteiger partial charge in [0.1, 0.15) is 11.3 Å². The van der Waals surface area contributed by atoms with Crippen molar-refractivity contribution >= 4 is 41.3 Å². The first-order valence-electron chi connectivity index (χ1n) is 8.62. The highest BCUT2D eigenvalue weighted by Gasteiger charge is 2.33. The van der Waals surface area contributed by atoms with Gasteiger partial charge in [-0.15, -0.1) is 35.3 Å². The Kier molecular flexibility index (Phi) is 8.49. The number of guanidine groups is 1. The van der Waals surface area contributed by atoms with Gasteiger partial charge in [-0.25, -0.2) is 9.98 Å². The van der Waals surface area contributed by atoms with Crippen molar-refractivity contribution in [2.24, 2.45) is 4.99 Å². The molecule has 3 heterocycles. The van der Waals surface area contributed by atoms with Crippen LogP contribution in [-0.2, 0) is 19.3 Å². The molecular weight excluding hydrogens is 508 g/mol. The molecular formula is C16H22F3IN6OS. The Bertz CT molecular complexity index is 744. The summed E-state index contributed by atoms with van der Waals surface area (Å²) < 4.78 is 42.8. The molecule has 7 nitrogen and oxygen atoms in total. The first-order chi connectivity index (χ1) is 13.0. The molecule has 28 heavy (non-hydrogen) atoms. The third-order valence-corrected chi connectivity index (χ3v) is 4.92. The average Bonchev–Trinajstić information content (AvgIpc) is 3.31. The first-order valence-corrected chi connectivity index (χ1v) is 9.50. The van der Waals surface area contributed by atoms with Gasteiger partial charge in [-0.1, -0.05) is 5.16 Å². The first kappa shape index (κ1) is 22.9. The predicted octanol–water partition coefficient (Wildman–Crippen LogP) is 3.05. The second-order valence-corrected chi connectivity index (χ2v) is 6.99. The molecule has 156 valence electrons. The molecule has 2 aromatic rings. The maximum atomic E-state index is 12.7. The van der Waals surface area contributed by atoms with Crippen LogP contribution in [0.5, 0.6) is 0 Å². The summed E-state index contributed by atoms with van der Waals surface area (Å²) in [6.07, 6.45) is -2.85. The fourth-order valence-electron chi connectivity index (χ4n) is 2.75. The summed E-state index contributed by atoms with van der Waals surface area (Å²) in [6, 6.07) is 1.85. The molecule has 1 aliphatic heterocycles. The van der Waals surface area contributed by atoms with E-state index in [9.17, 15) is 13.2 Å². The second-order valence-electron chi connectivity index (χ2n) is 6.05. The van der Waals surface area contributed by atoms with Gasteiger partial charge in [0.25, 0.3) is 0 Å². The quantitative estimate of drug-likeness (QED) is 0.364. The maximum Gasteiger partial charge on any atom is 0.434 e. The van der Waals surface area contributed by atoms with Crippen LogP contribution < -0.4 is 5.32 Å². The Balaban J connectivity index is 0.00000280. The number of nitrogens with one attached hydrogen (secondary N) is 1. The Labute approximate surface area is 182 Å². The second kappa shape index (κ2) is 10.4. The molecule has 0 unspecified atom stereocenters. The van der Waals surface area contributed by atoms with Gasteiger partial charge in [-0.05, 0) is 6.92 Å². The lowest BCUT2D eigenvalue weighted by molar-refractivity contribution is -0.140. The fraction of sp³-hybridized carbons (Fsp3) is 0.562. The summed E-state index contributed by atoms with van der Waals surface area (Å²) in [6.45, 7) is 6.73. The number of thiazole rings is 1. The SMILES string of the molecule is CCNC(=NCc1nc(C(F)(F)F)cs1)N1CCN(Cc2ccon2)CC1.I. The molecule has 0 atom stereocenters. The zero-order chi connectivity index (χ0) is 19.3. The molecule has 0 amide bonds. The minimum atomic E-state index is -4.41. The molecule has 1 aliphatic rings. The van der Waals surface area contributed by atoms with Gasteiger partial charge in [0.15, 0.2) is 11.7 Å². The normalized spacial score (nSPS) is 16.1. The van der Waals surface area contributed by atoms with Crippen LogP contribution in [-0.4, -0.2) is 58.6 Å². The number of piperazine rings is 1. The van der Waals surface area contributed by atoms with Crippen molar-refractivity contribution in [1.82, 2.24) is 25.3 Å². The number of aromatic nitrogens is 2. The van der Waals surface area contributed by atoms with Crippen molar-refractivity contribution < 1.29 is 17.7 Å². The van der Waals surface area contributed by atoms with E-state index in [2.05, 4.69) is 30.2 Å². The van der Waals surface area contributed by atoms with Gasteiger partial charge in [0, 0.05) is 50.7 Å². The molecule has 0 saturated carbocycles. The largest absolute Gasteiger partial charge is 0.434 e. The highest BCUT2D eigenvalue weighted by atomic mass is 127. The highest BCUT2D eigenvalue weighted by molar-refractivity contribution is 14.0. The molecule has 2 aromatic heterocycles. The van der Waals surface area contributed by atoms with Gasteiger partial charge in [0.2, 0.25) is 0 Å². The van der Waals surface area contributed by atoms with E-state index in [0.29, 0.717) is 17.5 Å². The molecule has 12 heteroatoms. The lowest BCUT2D eigenvalue weighted by Gasteiger charge is -2.36. The van der Waals surface area contributed by atoms with Crippen LogP contribution >= 0.6 is 35.3 Å². The van der Waals surface area contributed by atoms with Crippen LogP contribution in [0, 0.1) is 0 Å². The van der Waals surface area contributed by atoms with Crippen molar-refractivity contribution in [1.29, 1.82) is 0 Å². The standard InChI is InChI=1S/C16H21F3N6OS.HI/c1-2-20-15(21-9-14-22-13(11-27-14)16(17,18)19)25-6-4-24(5-7-25)10-12-3-8-26-23-12;/h3,8,11H,2,4-7,9-10H2,1H3,(H,20,21);1H. The van der Waals surface area contributed by atoms with E-state index in [1.807, 2.05) is 13.0 Å². The lowest BCUT2D eigenvalue weighted by atomic mass is 10.3. The maximum absolute atomic E-state index is 12.7. The van der Waals surface area contributed by atoms with Crippen molar-refractivity contribution in [2.45, 2.75) is 26.2 Å². The van der Waals surface area contributed by atoms with Crippen molar-refractivity contribution in [3.8, 4) is 0 Å². The molecule has 0 aliphatic carbocycles. The number of alkyl halides is 3. The van der Waals surface area contributed by atoms with Gasteiger partial charge in [0.05, 0.1) is 12.2 Å². The third-order valence-electron chi connectivity index (χ3n) is 4.09. The minimum Gasteiger partial charge on any atom is -0.364 e. The number of hydrogen-bond acceptors (Lipinski definition) is 6. The summed E-state index contributed by atoms with van der Waals surface area (Å²) in [5.74, 6) is 0.697. The number of halogens is 4. The van der Waals surface area contributed by atoms with Crippen molar-refractivity contribution in [2.75, 3.05) is 32.7 Å². The number of rotatable bonds is 5. The number of nitrogens with zero attached hydrogens (tertiary/aromatic N) is 5. The van der Waals surface area contributed by atoms with E-state index in [-0.39, 0.29) is 30.5 Å². The molecule has 0 spiro atoms. The Morgan fingerprint density at radius 1 is 1.32 bits per heavy atom. The smallest absolute Gasteiger partial charge is 0.364 e. The minimum absolute atomic E-state index is 0. The average molecular weight is 530 g/mol. The summed E-state index contributed by atoms with van der Waals surface area (Å²) in [5.41, 5.74) is 0.0393. The molecule has 0 radical (unpaired) electrons. The van der Waals surface area contributed by atoms with Crippen LogP contribution in [0.25, 0.3) is 0 Å². The van der Waals surface area contributed by atoms with Gasteiger partial charge >= 0.3 is 6.18 Å². The van der Waals surface area contributed by atoms with E-state index in [4.69, 9.17) is 4.52 Å². The van der Waals surface area contributed by atoms with E-state index in [1.54, 1.807) is 6.26 Å². The van der Waals surface area contributed by atoms with Gasteiger partial charge in [-0.3, -0.25) is 4.90 Å². The Morgan fingerprint density at radius 2 is 2.07 bits per heavy atom. The van der Waals surface area contributed by atoms with Crippen LogP contribution in [0.1, 0.15) is 23.3 Å². The zero-order valence-corrected chi connectivity index (χ0v) is 18.4. The Hall–Kier alpha value is -1.41. The van der Waals surface area contributed by atoms with Crippen molar-refractivity contribution in [3.05, 3.63) is 34.1 Å². The molecule has 1 fully saturated rings. The predicted molar refractivity (Wildman–Crippen MR) is 111 cm³/mol. The number of hydrogen-bond donors (Lipinski definition) is 1. The summed E-state index contributed by atoms with van der Waals surface area (Å²) >= 11 is 0.977. The van der Waals surface area contributed by atoms with Crippen LogP contribution in [0.15, 0.2) is 27.2 Å². The monoisotopic (exact) mass is 530 g/mol. The van der Waals surface area contributed by atoms with E-state index >= 15 is 0 Å². The van der Waals surface area contributed by atoms with E-state index in [0.717, 1.165) is 55.1 Å². The summed E-state index contributed by atoms with van der Waals surface area (Å²) in [5, 5.41) is 8.51. The Morgan fingerprint density at radius 3 is 2.64 bits per heavy atom. The lowest BCUT2D eigenvalue weighted by Crippen LogP contribution is -2.52. The summed E-state index contributed by atoms with van der Waals surface area (Å²) in [7, 11) is 0. The molecule has 1 saturated heterocycles. The molecule has 0 bridgehead atoms. The van der Waals surface area contributed by atoms with E-state index in [1.165, 1.54) is 0 Å². The molecule has 0 aromatic carbocycles. The third kappa shape index (κ3) is 6.30. The van der Waals surface area contributed by atoms with Crippen LogP contribution in [0.2, 0.25) is 0 Å². The van der Waals surface area contributed by atoms with E-state index < -0.39 is 11.9 Å². The van der Waals surface area contributed by atoms with Gasteiger partial charge in [-0.2, -0.15) is 13.2 Å². The topological polar surface area (TPSA) is 69.8 Å². The molecule has 1 N–H and O–H groups in total. The fourth-order valence-corrected chi connectivity index (χ4v) is 3.47. The van der Waals surface area contributed by atoms with Crippen LogP contribution in [0.4, 0.5) is 13.2 Å². The highest BCUT2D eigenvalue weighted by Crippen LogP contribution is 2.30. The van der Waals surface area contributed by atoms with Crippen LogP contribution in [0.3, 0.4) is 0 Å². The number of aliphatic imine (C=N–C) groups is 1. The molecule has 3 rings (SSSR count). The summed E-state index contributed by atoms with van der Waals surface area (Å²) in [4.78, 5) is 12.5. The van der Waals surface area contributed by atoms with Gasteiger partial charge < -0.3 is 14.7 Å².